The molecule has 0 aliphatic rings. The number of aliphatic hydroxyl groups is 2. The van der Waals surface area contributed by atoms with Gasteiger partial charge in [-0.05, 0) is 17.7 Å². The summed E-state index contributed by atoms with van der Waals surface area (Å²) < 4.78 is 39.3. The predicted octanol–water partition coefficient (Wildman–Crippen LogP) is 1.45. The molecule has 0 spiro atoms. The van der Waals surface area contributed by atoms with Gasteiger partial charge in [0.15, 0.2) is 0 Å². The lowest BCUT2D eigenvalue weighted by molar-refractivity contribution is -0.274. The van der Waals surface area contributed by atoms with E-state index in [1.54, 1.807) is 0 Å². The van der Waals surface area contributed by atoms with Gasteiger partial charge < -0.3 is 20.1 Å². The molecule has 0 amide bonds. The topological polar surface area (TPSA) is 87.0 Å². The number of carboxylic acids is 1. The van der Waals surface area contributed by atoms with Crippen molar-refractivity contribution in [2.24, 2.45) is 0 Å². The molecule has 106 valence electrons. The minimum absolute atomic E-state index is 0.0864. The normalized spacial score (nSPS) is 14.8. The minimum atomic E-state index is -4.82. The van der Waals surface area contributed by atoms with Crippen LogP contribution in [0.3, 0.4) is 0 Å². The summed E-state index contributed by atoms with van der Waals surface area (Å²) in [5.41, 5.74) is 0.0864. The number of hydrogen-bond acceptors (Lipinski definition) is 4. The molecule has 19 heavy (non-hydrogen) atoms. The highest BCUT2D eigenvalue weighted by molar-refractivity contribution is 5.67. The Morgan fingerprint density at radius 3 is 2.16 bits per heavy atom. The Balaban J connectivity index is 2.73. The number of carboxylic acid groups (broad SMARTS) is 1. The molecule has 2 atom stereocenters. The number of alkyl halides is 3. The van der Waals surface area contributed by atoms with Crippen molar-refractivity contribution in [3.8, 4) is 5.75 Å². The quantitative estimate of drug-likeness (QED) is 0.760. The number of aliphatic carboxylic acids is 1. The zero-order valence-electron chi connectivity index (χ0n) is 9.46. The van der Waals surface area contributed by atoms with Gasteiger partial charge in [-0.2, -0.15) is 0 Å². The lowest BCUT2D eigenvalue weighted by Crippen LogP contribution is -2.22. The van der Waals surface area contributed by atoms with Gasteiger partial charge in [-0.25, -0.2) is 0 Å². The Bertz CT molecular complexity index is 429. The van der Waals surface area contributed by atoms with Crippen LogP contribution < -0.4 is 4.74 Å². The molecule has 0 aliphatic carbocycles. The van der Waals surface area contributed by atoms with E-state index in [0.717, 1.165) is 24.3 Å². The van der Waals surface area contributed by atoms with Crippen LogP contribution in [-0.2, 0) is 4.79 Å². The van der Waals surface area contributed by atoms with Gasteiger partial charge in [-0.1, -0.05) is 12.1 Å². The number of rotatable bonds is 5. The average molecular weight is 280 g/mol. The smallest absolute Gasteiger partial charge is 0.481 e. The summed E-state index contributed by atoms with van der Waals surface area (Å²) in [7, 11) is 0. The molecule has 0 radical (unpaired) electrons. The van der Waals surface area contributed by atoms with Gasteiger partial charge in [0.25, 0.3) is 0 Å². The average Bonchev–Trinajstić information content (AvgIpc) is 2.26. The molecule has 8 heteroatoms. The minimum Gasteiger partial charge on any atom is -0.481 e. The van der Waals surface area contributed by atoms with Gasteiger partial charge in [-0.3, -0.25) is 4.79 Å². The molecule has 1 aromatic carbocycles. The van der Waals surface area contributed by atoms with Gasteiger partial charge >= 0.3 is 12.3 Å². The molecule has 0 heterocycles. The summed E-state index contributed by atoms with van der Waals surface area (Å²) in [6, 6.07) is 4.13. The number of halogens is 3. The molecule has 0 aromatic heterocycles. The molecule has 0 saturated carbocycles. The van der Waals surface area contributed by atoms with Crippen LogP contribution >= 0.6 is 0 Å². The van der Waals surface area contributed by atoms with Crippen LogP contribution in [0.4, 0.5) is 13.2 Å². The van der Waals surface area contributed by atoms with Crippen molar-refractivity contribution in [1.82, 2.24) is 0 Å². The van der Waals surface area contributed by atoms with E-state index in [2.05, 4.69) is 4.74 Å². The summed E-state index contributed by atoms with van der Waals surface area (Å²) in [6.45, 7) is 0. The Hall–Kier alpha value is -1.80. The maximum Gasteiger partial charge on any atom is 0.573 e. The van der Waals surface area contributed by atoms with Crippen LogP contribution in [0.1, 0.15) is 18.1 Å². The first-order chi connectivity index (χ1) is 8.69. The number of aliphatic hydroxyl groups excluding tert-OH is 2. The lowest BCUT2D eigenvalue weighted by Gasteiger charge is -2.17. The van der Waals surface area contributed by atoms with Gasteiger partial charge in [0.05, 0.1) is 12.5 Å². The third-order valence-electron chi connectivity index (χ3n) is 2.20. The summed E-state index contributed by atoms with van der Waals surface area (Å²) in [4.78, 5) is 10.3. The van der Waals surface area contributed by atoms with Crippen molar-refractivity contribution in [3.05, 3.63) is 29.8 Å². The number of carbonyl (C=O) groups is 1. The summed E-state index contributed by atoms with van der Waals surface area (Å²) in [6.07, 6.45) is -8.55. The lowest BCUT2D eigenvalue weighted by atomic mass is 10.0. The second-order valence-corrected chi connectivity index (χ2v) is 3.73. The highest BCUT2D eigenvalue weighted by Gasteiger charge is 2.31. The van der Waals surface area contributed by atoms with Gasteiger partial charge in [0.1, 0.15) is 11.9 Å². The third-order valence-corrected chi connectivity index (χ3v) is 2.20. The Morgan fingerprint density at radius 2 is 1.74 bits per heavy atom. The van der Waals surface area contributed by atoms with E-state index < -0.39 is 36.7 Å². The van der Waals surface area contributed by atoms with Gasteiger partial charge in [-0.15, -0.1) is 13.2 Å². The standard InChI is InChI=1S/C11H11F3O5/c12-11(13,14)19-7-3-1-6(2-4-7)10(18)8(15)5-9(16)17/h1-4,8,10,15,18H,5H2,(H,16,17). The van der Waals surface area contributed by atoms with Gasteiger partial charge in [0.2, 0.25) is 0 Å². The van der Waals surface area contributed by atoms with Crippen LogP contribution in [0.5, 0.6) is 5.75 Å². The maximum absolute atomic E-state index is 11.9. The van der Waals surface area contributed by atoms with E-state index in [1.807, 2.05) is 0 Å². The van der Waals surface area contributed by atoms with Gasteiger partial charge in [0, 0.05) is 0 Å². The second kappa shape index (κ2) is 5.89. The van der Waals surface area contributed by atoms with Crippen molar-refractivity contribution in [3.63, 3.8) is 0 Å². The second-order valence-electron chi connectivity index (χ2n) is 3.73. The molecule has 1 aromatic rings. The van der Waals surface area contributed by atoms with Crippen molar-refractivity contribution in [2.75, 3.05) is 0 Å². The van der Waals surface area contributed by atoms with Crippen LogP contribution in [0.25, 0.3) is 0 Å². The van der Waals surface area contributed by atoms with E-state index in [0.29, 0.717) is 0 Å². The Morgan fingerprint density at radius 1 is 1.21 bits per heavy atom. The largest absolute Gasteiger partial charge is 0.573 e. The zero-order valence-corrected chi connectivity index (χ0v) is 9.46. The Kier molecular flexibility index (Phi) is 4.73. The third kappa shape index (κ3) is 5.14. The molecule has 5 nitrogen and oxygen atoms in total. The predicted molar refractivity (Wildman–Crippen MR) is 56.3 cm³/mol. The maximum atomic E-state index is 11.9. The fraction of sp³-hybridized carbons (Fsp3) is 0.364. The highest BCUT2D eigenvalue weighted by atomic mass is 19.4. The van der Waals surface area contributed by atoms with Crippen LogP contribution in [-0.4, -0.2) is 33.8 Å². The molecule has 1 rings (SSSR count). The first-order valence-electron chi connectivity index (χ1n) is 5.12. The number of hydrogen-bond donors (Lipinski definition) is 3. The molecule has 0 bridgehead atoms. The summed E-state index contributed by atoms with van der Waals surface area (Å²) >= 11 is 0. The highest BCUT2D eigenvalue weighted by Crippen LogP contribution is 2.25. The molecule has 0 fully saturated rings. The van der Waals surface area contributed by atoms with Crippen molar-refractivity contribution < 1.29 is 38.0 Å². The van der Waals surface area contributed by atoms with E-state index in [1.165, 1.54) is 0 Å². The van der Waals surface area contributed by atoms with E-state index in [4.69, 9.17) is 5.11 Å². The summed E-state index contributed by atoms with van der Waals surface area (Å²) in [5, 5.41) is 27.4. The fourth-order valence-electron chi connectivity index (χ4n) is 1.38. The molecular weight excluding hydrogens is 269 g/mol. The van der Waals surface area contributed by atoms with E-state index in [-0.39, 0.29) is 5.56 Å². The van der Waals surface area contributed by atoms with Crippen molar-refractivity contribution in [1.29, 1.82) is 0 Å². The van der Waals surface area contributed by atoms with E-state index >= 15 is 0 Å². The molecule has 0 aliphatic heterocycles. The summed E-state index contributed by atoms with van der Waals surface area (Å²) in [5.74, 6) is -1.78. The molecule has 2 unspecified atom stereocenters. The zero-order chi connectivity index (χ0) is 14.6. The monoisotopic (exact) mass is 280 g/mol. The van der Waals surface area contributed by atoms with E-state index in [9.17, 15) is 28.2 Å². The molecule has 3 N–H and O–H groups in total. The van der Waals surface area contributed by atoms with Crippen molar-refractivity contribution >= 4 is 5.97 Å². The fourth-order valence-corrected chi connectivity index (χ4v) is 1.38. The Labute approximate surface area is 105 Å². The molecule has 0 saturated heterocycles. The SMILES string of the molecule is O=C(O)CC(O)C(O)c1ccc(OC(F)(F)F)cc1. The molecular formula is C11H11F3O5. The van der Waals surface area contributed by atoms with Crippen molar-refractivity contribution in [2.45, 2.75) is 25.0 Å². The van der Waals surface area contributed by atoms with Crippen LogP contribution in [0.15, 0.2) is 24.3 Å². The number of benzene rings is 1. The first-order valence-corrected chi connectivity index (χ1v) is 5.12. The number of ether oxygens (including phenoxy) is 1. The van der Waals surface area contributed by atoms with Crippen LogP contribution in [0.2, 0.25) is 0 Å². The van der Waals surface area contributed by atoms with Crippen LogP contribution in [0, 0.1) is 0 Å². The first kappa shape index (κ1) is 15.3.